The van der Waals surface area contributed by atoms with E-state index in [4.69, 9.17) is 11.6 Å². The smallest absolute Gasteiger partial charge is 0.242 e. The maximum Gasteiger partial charge on any atom is 0.242 e. The molecule has 2 rings (SSSR count). The van der Waals surface area contributed by atoms with Crippen LogP contribution >= 0.6 is 39.3 Å². The van der Waals surface area contributed by atoms with Crippen LogP contribution in [0.15, 0.2) is 53.0 Å². The number of thioether (sulfide) groups is 1. The molecule has 2 aromatic carbocycles. The number of benzene rings is 2. The number of nitrogens with zero attached hydrogens (tertiary/aromatic N) is 1. The monoisotopic (exact) mass is 510 g/mol. The van der Waals surface area contributed by atoms with Gasteiger partial charge in [-0.05, 0) is 55.7 Å². The number of amides is 2. The molecular formula is C23H28BrClN2O2S. The second-order valence-corrected chi connectivity index (χ2v) is 9.61. The molecule has 4 nitrogen and oxygen atoms in total. The summed E-state index contributed by atoms with van der Waals surface area (Å²) in [6, 6.07) is 14.9. The van der Waals surface area contributed by atoms with E-state index >= 15 is 0 Å². The summed E-state index contributed by atoms with van der Waals surface area (Å²) in [6.45, 7) is 6.15. The molecule has 2 amide bonds. The SMILES string of the molecule is CC[C@H](C)NC(=O)[C@H](C)N(Cc1cccc(Br)c1)C(=O)CSCc1cccc(Cl)c1. The van der Waals surface area contributed by atoms with Crippen molar-refractivity contribution in [3.63, 3.8) is 0 Å². The second kappa shape index (κ2) is 12.4. The number of carbonyl (C=O) groups excluding carboxylic acids is 2. The third kappa shape index (κ3) is 7.97. The Kier molecular flexibility index (Phi) is 10.2. The zero-order chi connectivity index (χ0) is 22.1. The lowest BCUT2D eigenvalue weighted by Gasteiger charge is -2.29. The van der Waals surface area contributed by atoms with Gasteiger partial charge in [0.05, 0.1) is 5.75 Å². The van der Waals surface area contributed by atoms with E-state index in [1.54, 1.807) is 11.8 Å². The van der Waals surface area contributed by atoms with Gasteiger partial charge in [0.15, 0.2) is 0 Å². The van der Waals surface area contributed by atoms with Crippen molar-refractivity contribution >= 4 is 51.1 Å². The Bertz CT molecular complexity index is 865. The summed E-state index contributed by atoms with van der Waals surface area (Å²) < 4.78 is 0.944. The fraction of sp³-hybridized carbons (Fsp3) is 0.391. The highest BCUT2D eigenvalue weighted by Crippen LogP contribution is 2.19. The number of hydrogen-bond acceptors (Lipinski definition) is 3. The summed E-state index contributed by atoms with van der Waals surface area (Å²) in [5.41, 5.74) is 2.04. The lowest BCUT2D eigenvalue weighted by Crippen LogP contribution is -2.50. The van der Waals surface area contributed by atoms with Gasteiger partial charge in [0.25, 0.3) is 0 Å². The normalized spacial score (nSPS) is 12.8. The quantitative estimate of drug-likeness (QED) is 0.447. The van der Waals surface area contributed by atoms with Gasteiger partial charge >= 0.3 is 0 Å². The third-order valence-corrected chi connectivity index (χ3v) is 6.51. The predicted molar refractivity (Wildman–Crippen MR) is 130 cm³/mol. The Morgan fingerprint density at radius 3 is 2.50 bits per heavy atom. The Labute approximate surface area is 196 Å². The summed E-state index contributed by atoms with van der Waals surface area (Å²) in [6.07, 6.45) is 0.841. The van der Waals surface area contributed by atoms with Crippen molar-refractivity contribution in [1.82, 2.24) is 10.2 Å². The largest absolute Gasteiger partial charge is 0.352 e. The number of rotatable bonds is 10. The van der Waals surface area contributed by atoms with Gasteiger partial charge in [-0.25, -0.2) is 0 Å². The molecule has 0 radical (unpaired) electrons. The Morgan fingerprint density at radius 2 is 1.83 bits per heavy atom. The number of halogens is 2. The van der Waals surface area contributed by atoms with E-state index in [1.807, 2.05) is 62.4 Å². The van der Waals surface area contributed by atoms with Crippen molar-refractivity contribution in [3.05, 3.63) is 69.2 Å². The first-order valence-corrected chi connectivity index (χ1v) is 12.3. The molecule has 0 saturated carbocycles. The van der Waals surface area contributed by atoms with E-state index in [9.17, 15) is 9.59 Å². The second-order valence-electron chi connectivity index (χ2n) is 7.27. The first-order chi connectivity index (χ1) is 14.3. The fourth-order valence-corrected chi connectivity index (χ4v) is 4.36. The molecule has 0 aliphatic heterocycles. The molecule has 30 heavy (non-hydrogen) atoms. The van der Waals surface area contributed by atoms with E-state index in [0.717, 1.165) is 22.0 Å². The van der Waals surface area contributed by atoms with Crippen LogP contribution in [0, 0.1) is 0 Å². The van der Waals surface area contributed by atoms with Crippen LogP contribution in [-0.4, -0.2) is 34.6 Å². The van der Waals surface area contributed by atoms with Crippen LogP contribution in [0.2, 0.25) is 5.02 Å². The first kappa shape index (κ1) is 24.8. The molecule has 0 bridgehead atoms. The Morgan fingerprint density at radius 1 is 1.13 bits per heavy atom. The predicted octanol–water partition coefficient (Wildman–Crippen LogP) is 5.67. The number of carbonyl (C=O) groups is 2. The summed E-state index contributed by atoms with van der Waals surface area (Å²) in [4.78, 5) is 27.4. The minimum atomic E-state index is -0.558. The molecule has 2 atom stereocenters. The van der Waals surface area contributed by atoms with Gasteiger partial charge < -0.3 is 10.2 Å². The summed E-state index contributed by atoms with van der Waals surface area (Å²) in [5.74, 6) is 0.785. The van der Waals surface area contributed by atoms with Crippen LogP contribution in [0.4, 0.5) is 0 Å². The molecule has 0 fully saturated rings. The molecule has 0 aliphatic rings. The molecule has 0 spiro atoms. The van der Waals surface area contributed by atoms with Crippen LogP contribution in [0.1, 0.15) is 38.3 Å². The topological polar surface area (TPSA) is 49.4 Å². The summed E-state index contributed by atoms with van der Waals surface area (Å²) >= 11 is 11.0. The highest BCUT2D eigenvalue weighted by molar-refractivity contribution is 9.10. The molecule has 0 saturated heterocycles. The lowest BCUT2D eigenvalue weighted by atomic mass is 10.1. The van der Waals surface area contributed by atoms with Gasteiger partial charge in [-0.3, -0.25) is 9.59 Å². The van der Waals surface area contributed by atoms with Crippen molar-refractivity contribution in [2.24, 2.45) is 0 Å². The van der Waals surface area contributed by atoms with Crippen LogP contribution in [-0.2, 0) is 21.9 Å². The third-order valence-electron chi connectivity index (χ3n) is 4.79. The summed E-state index contributed by atoms with van der Waals surface area (Å²) in [5, 5.41) is 3.67. The van der Waals surface area contributed by atoms with Crippen LogP contribution < -0.4 is 5.32 Å². The summed E-state index contributed by atoms with van der Waals surface area (Å²) in [7, 11) is 0. The molecule has 2 aromatic rings. The maximum absolute atomic E-state index is 13.1. The minimum Gasteiger partial charge on any atom is -0.352 e. The van der Waals surface area contributed by atoms with E-state index in [1.165, 1.54) is 11.8 Å². The first-order valence-electron chi connectivity index (χ1n) is 9.96. The number of nitrogens with one attached hydrogen (secondary N) is 1. The highest BCUT2D eigenvalue weighted by Gasteiger charge is 2.26. The fourth-order valence-electron chi connectivity index (χ4n) is 2.85. The zero-order valence-corrected chi connectivity index (χ0v) is 20.7. The molecular weight excluding hydrogens is 484 g/mol. The van der Waals surface area contributed by atoms with Gasteiger partial charge in [-0.2, -0.15) is 0 Å². The minimum absolute atomic E-state index is 0.0613. The zero-order valence-electron chi connectivity index (χ0n) is 17.5. The molecule has 1 N–H and O–H groups in total. The molecule has 7 heteroatoms. The van der Waals surface area contributed by atoms with Gasteiger partial charge in [0.2, 0.25) is 11.8 Å². The van der Waals surface area contributed by atoms with Crippen molar-refractivity contribution in [1.29, 1.82) is 0 Å². The molecule has 0 aromatic heterocycles. The molecule has 162 valence electrons. The molecule has 0 unspecified atom stereocenters. The van der Waals surface area contributed by atoms with E-state index in [2.05, 4.69) is 21.2 Å². The lowest BCUT2D eigenvalue weighted by molar-refractivity contribution is -0.138. The Balaban J connectivity index is 2.08. The van der Waals surface area contributed by atoms with Crippen molar-refractivity contribution in [2.75, 3.05) is 5.75 Å². The van der Waals surface area contributed by atoms with E-state index in [-0.39, 0.29) is 17.9 Å². The van der Waals surface area contributed by atoms with Crippen molar-refractivity contribution in [2.45, 2.75) is 51.6 Å². The van der Waals surface area contributed by atoms with Crippen LogP contribution in [0.25, 0.3) is 0 Å². The average molecular weight is 512 g/mol. The number of hydrogen-bond donors (Lipinski definition) is 1. The standard InChI is InChI=1S/C23H28BrClN2O2S/c1-4-16(2)26-23(29)17(3)27(13-18-7-5-9-20(24)11-18)22(28)15-30-14-19-8-6-10-21(25)12-19/h5-12,16-17H,4,13-15H2,1-3H3,(H,26,29)/t16-,17-/m0/s1. The van der Waals surface area contributed by atoms with Gasteiger partial charge in [0, 0.05) is 27.8 Å². The van der Waals surface area contributed by atoms with Crippen LogP contribution in [0.3, 0.4) is 0 Å². The van der Waals surface area contributed by atoms with Crippen molar-refractivity contribution < 1.29 is 9.59 Å². The maximum atomic E-state index is 13.1. The van der Waals surface area contributed by atoms with Gasteiger partial charge in [-0.1, -0.05) is 58.7 Å². The van der Waals surface area contributed by atoms with E-state index < -0.39 is 6.04 Å². The van der Waals surface area contributed by atoms with Gasteiger partial charge in [0.1, 0.15) is 6.04 Å². The van der Waals surface area contributed by atoms with Crippen LogP contribution in [0.5, 0.6) is 0 Å². The molecule has 0 aliphatic carbocycles. The van der Waals surface area contributed by atoms with Gasteiger partial charge in [-0.15, -0.1) is 11.8 Å². The van der Waals surface area contributed by atoms with Crippen molar-refractivity contribution in [3.8, 4) is 0 Å². The highest BCUT2D eigenvalue weighted by atomic mass is 79.9. The van der Waals surface area contributed by atoms with E-state index in [0.29, 0.717) is 23.1 Å². The molecule has 0 heterocycles. The average Bonchev–Trinajstić information content (AvgIpc) is 2.71. The Hall–Kier alpha value is -1.50.